The SMILES string of the molecule is C.COc1cc(C)c(S(=O)(=O)N(C)CCOCC(=O)N(C)[C@@H]2CCCC(N3CCN(C(C)C)CC3)C2)c(C)c1.COc1cc(C)c(S(=O)(=O)N(C)CCOCC(=O)N(C)[C@H]2CCC[C@H](N3CCN(C(C)C)CC3)C2)c(C)c1. The molecule has 4 aliphatic rings. The third kappa shape index (κ3) is 17.8. The van der Waals surface area contributed by atoms with Gasteiger partial charge in [-0.2, -0.15) is 8.61 Å². The number of nitrogens with zero attached hydrogens (tertiary/aromatic N) is 8. The highest BCUT2D eigenvalue weighted by atomic mass is 32.2. The van der Waals surface area contributed by atoms with Gasteiger partial charge in [0, 0.05) is 130 Å². The number of carbonyl (C=O) groups excluding carboxylic acids is 2. The van der Waals surface area contributed by atoms with Crippen LogP contribution < -0.4 is 9.47 Å². The van der Waals surface area contributed by atoms with Crippen LogP contribution in [0.5, 0.6) is 11.5 Å². The van der Waals surface area contributed by atoms with Crippen LogP contribution in [-0.4, -0.2) is 237 Å². The predicted molar refractivity (Wildman–Crippen MR) is 307 cm³/mol. The van der Waals surface area contributed by atoms with Gasteiger partial charge in [-0.3, -0.25) is 29.2 Å². The fourth-order valence-corrected chi connectivity index (χ4v) is 14.7. The summed E-state index contributed by atoms with van der Waals surface area (Å²) in [7, 11) is 2.58. The van der Waals surface area contributed by atoms with Crippen molar-refractivity contribution in [3.8, 4) is 11.5 Å². The molecule has 6 rings (SSSR count). The number of aryl methyl sites for hydroxylation is 4. The molecule has 77 heavy (non-hydrogen) atoms. The molecule has 2 aromatic carbocycles. The first-order chi connectivity index (χ1) is 35.9. The van der Waals surface area contributed by atoms with Gasteiger partial charge in [-0.05, 0) is 153 Å². The summed E-state index contributed by atoms with van der Waals surface area (Å²) < 4.78 is 77.1. The normalized spacial score (nSPS) is 21.4. The van der Waals surface area contributed by atoms with Crippen LogP contribution in [0.2, 0.25) is 0 Å². The van der Waals surface area contributed by atoms with E-state index in [2.05, 4.69) is 47.3 Å². The summed E-state index contributed by atoms with van der Waals surface area (Å²) in [5.74, 6) is 1.16. The van der Waals surface area contributed by atoms with Gasteiger partial charge < -0.3 is 28.7 Å². The van der Waals surface area contributed by atoms with Gasteiger partial charge in [0.2, 0.25) is 31.9 Å². The molecule has 2 aromatic rings. The fourth-order valence-electron chi connectivity index (χ4n) is 11.6. The molecule has 2 saturated heterocycles. The molecular weight excluding hydrogens is 1020 g/mol. The first-order valence-electron chi connectivity index (χ1n) is 27.8. The number of likely N-dealkylation sites (N-methyl/N-ethyl adjacent to an activating group) is 4. The Morgan fingerprint density at radius 3 is 1.14 bits per heavy atom. The van der Waals surface area contributed by atoms with Crippen molar-refractivity contribution in [2.45, 2.75) is 160 Å². The van der Waals surface area contributed by atoms with Crippen LogP contribution in [0.4, 0.5) is 0 Å². The number of sulfonamides is 2. The van der Waals surface area contributed by atoms with Gasteiger partial charge >= 0.3 is 0 Å². The highest BCUT2D eigenvalue weighted by Crippen LogP contribution is 2.31. The van der Waals surface area contributed by atoms with E-state index in [1.54, 1.807) is 80.3 Å². The van der Waals surface area contributed by atoms with Crippen molar-refractivity contribution in [2.24, 2.45) is 0 Å². The van der Waals surface area contributed by atoms with Crippen molar-refractivity contribution >= 4 is 31.9 Å². The molecule has 1 unspecified atom stereocenters. The second-order valence-electron chi connectivity index (χ2n) is 22.2. The lowest BCUT2D eigenvalue weighted by Crippen LogP contribution is -2.54. The minimum atomic E-state index is -3.69. The molecule has 0 N–H and O–H groups in total. The molecule has 2 heterocycles. The quantitative estimate of drug-likeness (QED) is 0.124. The van der Waals surface area contributed by atoms with E-state index >= 15 is 0 Å². The number of benzene rings is 2. The largest absolute Gasteiger partial charge is 0.497 e. The summed E-state index contributed by atoms with van der Waals surface area (Å²) in [5.41, 5.74) is 2.55. The molecule has 0 radical (unpaired) electrons. The number of carbonyl (C=O) groups is 2. The zero-order chi connectivity index (χ0) is 56.1. The Morgan fingerprint density at radius 2 is 0.857 bits per heavy atom. The zero-order valence-electron chi connectivity index (χ0n) is 48.8. The van der Waals surface area contributed by atoms with E-state index in [1.165, 1.54) is 21.5 Å². The number of rotatable bonds is 22. The molecule has 4 atom stereocenters. The molecule has 4 fully saturated rings. The lowest BCUT2D eigenvalue weighted by molar-refractivity contribution is -0.138. The Bertz CT molecular complexity index is 2200. The first-order valence-corrected chi connectivity index (χ1v) is 30.6. The Kier molecular flexibility index (Phi) is 26.1. The van der Waals surface area contributed by atoms with Crippen LogP contribution in [0.15, 0.2) is 34.1 Å². The van der Waals surface area contributed by atoms with Crippen LogP contribution in [0.25, 0.3) is 0 Å². The van der Waals surface area contributed by atoms with Gasteiger partial charge in [-0.1, -0.05) is 7.43 Å². The van der Waals surface area contributed by atoms with Gasteiger partial charge in [-0.15, -0.1) is 0 Å². The van der Waals surface area contributed by atoms with E-state index in [1.807, 2.05) is 23.9 Å². The number of hydrogen-bond acceptors (Lipinski definition) is 14. The second kappa shape index (κ2) is 30.4. The highest BCUT2D eigenvalue weighted by Gasteiger charge is 2.35. The number of ether oxygens (including phenoxy) is 4. The summed E-state index contributed by atoms with van der Waals surface area (Å²) in [4.78, 5) is 40.3. The van der Waals surface area contributed by atoms with Crippen LogP contribution in [-0.2, 0) is 39.1 Å². The van der Waals surface area contributed by atoms with Crippen molar-refractivity contribution in [3.63, 3.8) is 0 Å². The summed E-state index contributed by atoms with van der Waals surface area (Å²) >= 11 is 0. The third-order valence-corrected chi connectivity index (χ3v) is 20.9. The monoisotopic (exact) mass is 1120 g/mol. The average molecular weight is 1120 g/mol. The van der Waals surface area contributed by atoms with Crippen molar-refractivity contribution in [1.29, 1.82) is 0 Å². The van der Waals surface area contributed by atoms with Gasteiger partial charge in [0.15, 0.2) is 0 Å². The average Bonchev–Trinajstić information content (AvgIpc) is 3.39. The number of piperazine rings is 2. The number of methoxy groups -OCH3 is 2. The van der Waals surface area contributed by atoms with Crippen LogP contribution in [0.3, 0.4) is 0 Å². The molecule has 440 valence electrons. The molecule has 2 aliphatic carbocycles. The van der Waals surface area contributed by atoms with Gasteiger partial charge in [0.1, 0.15) is 24.7 Å². The second-order valence-corrected chi connectivity index (χ2v) is 26.2. The number of amides is 2. The summed E-state index contributed by atoms with van der Waals surface area (Å²) in [5, 5.41) is 0. The van der Waals surface area contributed by atoms with E-state index in [4.69, 9.17) is 18.9 Å². The van der Waals surface area contributed by atoms with Gasteiger partial charge in [-0.25, -0.2) is 16.8 Å². The predicted octanol–water partition coefficient (Wildman–Crippen LogP) is 6.13. The minimum absolute atomic E-state index is 0. The first kappa shape index (κ1) is 66.1. The van der Waals surface area contributed by atoms with Crippen LogP contribution >= 0.6 is 0 Å². The summed E-state index contributed by atoms with van der Waals surface area (Å²) in [6.45, 7) is 25.5. The highest BCUT2D eigenvalue weighted by molar-refractivity contribution is 7.89. The van der Waals surface area contributed by atoms with Gasteiger partial charge in [0.25, 0.3) is 0 Å². The lowest BCUT2D eigenvalue weighted by atomic mass is 9.88. The number of hydrogen-bond donors (Lipinski definition) is 0. The lowest BCUT2D eigenvalue weighted by Gasteiger charge is -2.44. The van der Waals surface area contributed by atoms with Crippen LogP contribution in [0.1, 0.15) is 109 Å². The maximum absolute atomic E-state index is 13.2. The molecule has 2 amide bonds. The Balaban J connectivity index is 0.000000328. The van der Waals surface area contributed by atoms with Gasteiger partial charge in [0.05, 0.1) is 37.2 Å². The Labute approximate surface area is 465 Å². The molecular formula is C57H100N8O10S2. The molecule has 20 heteroatoms. The molecule has 0 spiro atoms. The van der Waals surface area contributed by atoms with E-state index in [9.17, 15) is 26.4 Å². The smallest absolute Gasteiger partial charge is 0.248 e. The molecule has 2 saturated carbocycles. The van der Waals surface area contributed by atoms with Crippen molar-refractivity contribution < 1.29 is 45.4 Å². The molecule has 2 aliphatic heterocycles. The van der Waals surface area contributed by atoms with Crippen LogP contribution in [0, 0.1) is 27.7 Å². The molecule has 0 aromatic heterocycles. The minimum Gasteiger partial charge on any atom is -0.497 e. The summed E-state index contributed by atoms with van der Waals surface area (Å²) in [6, 6.07) is 9.58. The maximum atomic E-state index is 13.2. The Morgan fingerprint density at radius 1 is 0.545 bits per heavy atom. The van der Waals surface area contributed by atoms with E-state index in [0.29, 0.717) is 57.9 Å². The maximum Gasteiger partial charge on any atom is 0.248 e. The Hall–Kier alpha value is -3.44. The van der Waals surface area contributed by atoms with Crippen molar-refractivity contribution in [2.75, 3.05) is 134 Å². The fraction of sp³-hybridized carbons (Fsp3) is 0.754. The summed E-state index contributed by atoms with van der Waals surface area (Å²) in [6.07, 6.45) is 8.71. The standard InChI is InChI=1S/2C28H48N4O5S.CH4/c2*1-21(2)31-11-13-32(14-12-31)25-10-8-9-24(19-25)30(6)27(33)20-37-16-15-29(5)38(34,35)28-22(3)17-26(36-7)18-23(28)4;/h2*17-18,21,24-25H,8-16,19-20H2,1-7H3;1H4/t24-,25?;24-,25-;/m10./s1. The molecule has 18 nitrogen and oxygen atoms in total. The topological polar surface area (TPSA) is 165 Å². The third-order valence-electron chi connectivity index (χ3n) is 16.5. The molecule has 0 bridgehead atoms. The van der Waals surface area contributed by atoms with E-state index in [-0.39, 0.29) is 80.6 Å². The van der Waals surface area contributed by atoms with Crippen molar-refractivity contribution in [1.82, 2.24) is 38.0 Å². The van der Waals surface area contributed by atoms with E-state index < -0.39 is 20.0 Å². The zero-order valence-corrected chi connectivity index (χ0v) is 50.4. The van der Waals surface area contributed by atoms with Crippen molar-refractivity contribution in [3.05, 3.63) is 46.5 Å². The van der Waals surface area contributed by atoms with E-state index in [0.717, 1.165) is 90.9 Å².